The Morgan fingerprint density at radius 1 is 1.15 bits per heavy atom. The molecule has 0 spiro atoms. The van der Waals surface area contributed by atoms with E-state index in [0.29, 0.717) is 30.9 Å². The summed E-state index contributed by atoms with van der Waals surface area (Å²) in [7, 11) is 0. The molecule has 1 N–H and O–H groups in total. The highest BCUT2D eigenvalue weighted by atomic mass is 79.9. The highest BCUT2D eigenvalue weighted by Crippen LogP contribution is 2.22. The van der Waals surface area contributed by atoms with Gasteiger partial charge in [0.2, 0.25) is 0 Å². The van der Waals surface area contributed by atoms with Gasteiger partial charge in [0.05, 0.1) is 21.6 Å². The predicted octanol–water partition coefficient (Wildman–Crippen LogP) is 4.46. The van der Waals surface area contributed by atoms with Crippen LogP contribution in [0.4, 0.5) is 0 Å². The highest BCUT2D eigenvalue weighted by Gasteiger charge is 2.11. The third-order valence-electron chi connectivity index (χ3n) is 2.97. The van der Waals surface area contributed by atoms with Crippen LogP contribution in [0.3, 0.4) is 0 Å². The van der Waals surface area contributed by atoms with E-state index in [4.69, 9.17) is 23.8 Å². The summed E-state index contributed by atoms with van der Waals surface area (Å²) in [5.41, 5.74) is 1.06. The van der Waals surface area contributed by atoms with Gasteiger partial charge in [-0.25, -0.2) is 0 Å². The third kappa shape index (κ3) is 2.12. The Kier molecular flexibility index (Phi) is 3.50. The number of halogens is 2. The van der Waals surface area contributed by atoms with Gasteiger partial charge in [0.15, 0.2) is 4.77 Å². The molecule has 0 unspecified atom stereocenters. The zero-order valence-electron chi connectivity index (χ0n) is 10.1. The van der Waals surface area contributed by atoms with Crippen molar-refractivity contribution >= 4 is 50.7 Å². The second-order valence-corrected chi connectivity index (χ2v) is 5.83. The molecule has 0 aliphatic carbocycles. The Morgan fingerprint density at radius 3 is 2.65 bits per heavy atom. The first-order valence-corrected chi connectivity index (χ1v) is 7.36. The molecule has 20 heavy (non-hydrogen) atoms. The normalized spacial score (nSPS) is 10.9. The molecule has 0 aliphatic rings. The maximum absolute atomic E-state index is 12.7. The smallest absolute Gasteiger partial charge is 0.267 e. The van der Waals surface area contributed by atoms with E-state index >= 15 is 0 Å². The zero-order valence-corrected chi connectivity index (χ0v) is 13.2. The summed E-state index contributed by atoms with van der Waals surface area (Å²) in [6.07, 6.45) is 0. The molecule has 0 bridgehead atoms. The van der Waals surface area contributed by atoms with Gasteiger partial charge < -0.3 is 4.98 Å². The number of rotatable bonds is 1. The van der Waals surface area contributed by atoms with Crippen molar-refractivity contribution in [1.29, 1.82) is 0 Å². The summed E-state index contributed by atoms with van der Waals surface area (Å²) >= 11 is 14.8. The fraction of sp³-hybridized carbons (Fsp3) is 0. The van der Waals surface area contributed by atoms with Crippen LogP contribution in [0.2, 0.25) is 5.02 Å². The molecule has 2 aromatic carbocycles. The Morgan fingerprint density at radius 2 is 1.90 bits per heavy atom. The maximum atomic E-state index is 12.7. The van der Waals surface area contributed by atoms with Crippen molar-refractivity contribution in [3.63, 3.8) is 0 Å². The SMILES string of the molecule is O=c1c2c(Br)cccc2[nH]c(=S)n1-c1ccccc1Cl. The van der Waals surface area contributed by atoms with Crippen LogP contribution in [0.25, 0.3) is 16.6 Å². The lowest BCUT2D eigenvalue weighted by Gasteiger charge is -2.10. The molecule has 0 radical (unpaired) electrons. The van der Waals surface area contributed by atoms with E-state index in [1.54, 1.807) is 18.2 Å². The van der Waals surface area contributed by atoms with Crippen LogP contribution < -0.4 is 5.56 Å². The van der Waals surface area contributed by atoms with Gasteiger partial charge in [0.1, 0.15) is 0 Å². The number of fused-ring (bicyclic) bond motifs is 1. The van der Waals surface area contributed by atoms with Gasteiger partial charge in [0.25, 0.3) is 5.56 Å². The van der Waals surface area contributed by atoms with E-state index < -0.39 is 0 Å². The molecular formula is C14H8BrClN2OS. The van der Waals surface area contributed by atoms with Crippen LogP contribution >= 0.6 is 39.7 Å². The van der Waals surface area contributed by atoms with E-state index in [-0.39, 0.29) is 5.56 Å². The molecule has 0 aliphatic heterocycles. The van der Waals surface area contributed by atoms with Crippen molar-refractivity contribution in [1.82, 2.24) is 9.55 Å². The van der Waals surface area contributed by atoms with Gasteiger partial charge in [0, 0.05) is 4.47 Å². The van der Waals surface area contributed by atoms with E-state index in [1.807, 2.05) is 24.3 Å². The van der Waals surface area contributed by atoms with Crippen molar-refractivity contribution in [3.05, 3.63) is 67.1 Å². The lowest BCUT2D eigenvalue weighted by Crippen LogP contribution is -2.21. The molecule has 3 aromatic rings. The number of benzene rings is 2. The number of aromatic nitrogens is 2. The Labute approximate surface area is 133 Å². The minimum absolute atomic E-state index is 0.204. The number of nitrogens with one attached hydrogen (secondary N) is 1. The molecule has 3 nitrogen and oxygen atoms in total. The zero-order chi connectivity index (χ0) is 14.3. The average Bonchev–Trinajstić information content (AvgIpc) is 2.40. The van der Waals surface area contributed by atoms with Crippen LogP contribution in [0.1, 0.15) is 0 Å². The monoisotopic (exact) mass is 366 g/mol. The maximum Gasteiger partial charge on any atom is 0.267 e. The van der Waals surface area contributed by atoms with Crippen molar-refractivity contribution < 1.29 is 0 Å². The number of nitrogens with zero attached hydrogens (tertiary/aromatic N) is 1. The van der Waals surface area contributed by atoms with Crippen LogP contribution in [0.5, 0.6) is 0 Å². The summed E-state index contributed by atoms with van der Waals surface area (Å²) in [5, 5.41) is 1.02. The van der Waals surface area contributed by atoms with Crippen molar-refractivity contribution in [2.75, 3.05) is 0 Å². The van der Waals surface area contributed by atoms with Crippen molar-refractivity contribution in [2.45, 2.75) is 0 Å². The Hall–Kier alpha value is -1.43. The molecule has 0 amide bonds. The highest BCUT2D eigenvalue weighted by molar-refractivity contribution is 9.10. The Bertz CT molecular complexity index is 932. The lowest BCUT2D eigenvalue weighted by molar-refractivity contribution is 0.939. The minimum Gasteiger partial charge on any atom is -0.331 e. The predicted molar refractivity (Wildman–Crippen MR) is 87.4 cm³/mol. The quantitative estimate of drug-likeness (QED) is 0.645. The first kappa shape index (κ1) is 13.5. The average molecular weight is 368 g/mol. The molecule has 0 fully saturated rings. The van der Waals surface area contributed by atoms with Crippen LogP contribution in [-0.4, -0.2) is 9.55 Å². The van der Waals surface area contributed by atoms with Gasteiger partial charge in [-0.05, 0) is 52.4 Å². The van der Waals surface area contributed by atoms with Crippen LogP contribution in [0.15, 0.2) is 51.7 Å². The number of hydrogen-bond donors (Lipinski definition) is 1. The molecule has 0 saturated heterocycles. The fourth-order valence-electron chi connectivity index (χ4n) is 2.07. The van der Waals surface area contributed by atoms with E-state index in [2.05, 4.69) is 20.9 Å². The summed E-state index contributed by atoms with van der Waals surface area (Å²) in [6, 6.07) is 12.6. The van der Waals surface area contributed by atoms with Crippen LogP contribution in [-0.2, 0) is 0 Å². The molecule has 1 aromatic heterocycles. The summed E-state index contributed by atoms with van der Waals surface area (Å²) in [5.74, 6) is 0. The molecule has 0 saturated carbocycles. The first-order chi connectivity index (χ1) is 9.59. The fourth-order valence-corrected chi connectivity index (χ4v) is 3.12. The summed E-state index contributed by atoms with van der Waals surface area (Å²) in [4.78, 5) is 15.8. The van der Waals surface area contributed by atoms with Gasteiger partial charge >= 0.3 is 0 Å². The molecule has 3 rings (SSSR count). The van der Waals surface area contributed by atoms with E-state index in [0.717, 1.165) is 0 Å². The minimum atomic E-state index is -0.204. The van der Waals surface area contributed by atoms with Gasteiger partial charge in [-0.1, -0.05) is 29.8 Å². The number of para-hydroxylation sites is 1. The standard InChI is InChI=1S/C14H8BrClN2OS/c15-8-4-3-6-10-12(8)13(19)18(14(20)17-10)11-7-2-1-5-9(11)16/h1-7H,(H,17,20). The molecule has 6 heteroatoms. The first-order valence-electron chi connectivity index (χ1n) is 5.78. The number of H-pyrrole nitrogens is 1. The van der Waals surface area contributed by atoms with E-state index in [9.17, 15) is 4.79 Å². The van der Waals surface area contributed by atoms with Gasteiger partial charge in [-0.2, -0.15) is 0 Å². The number of hydrogen-bond acceptors (Lipinski definition) is 2. The van der Waals surface area contributed by atoms with Gasteiger partial charge in [-0.15, -0.1) is 0 Å². The van der Waals surface area contributed by atoms with E-state index in [1.165, 1.54) is 4.57 Å². The Balaban J connectivity index is 2.50. The van der Waals surface area contributed by atoms with Crippen molar-refractivity contribution in [3.8, 4) is 5.69 Å². The molecular weight excluding hydrogens is 360 g/mol. The van der Waals surface area contributed by atoms with Gasteiger partial charge in [-0.3, -0.25) is 9.36 Å². The molecule has 0 atom stereocenters. The lowest BCUT2D eigenvalue weighted by atomic mass is 10.2. The van der Waals surface area contributed by atoms with Crippen LogP contribution in [0, 0.1) is 4.77 Å². The second kappa shape index (κ2) is 5.16. The summed E-state index contributed by atoms with van der Waals surface area (Å²) < 4.78 is 2.44. The number of aromatic amines is 1. The third-order valence-corrected chi connectivity index (χ3v) is 4.23. The summed E-state index contributed by atoms with van der Waals surface area (Å²) in [6.45, 7) is 0. The van der Waals surface area contributed by atoms with Crippen molar-refractivity contribution in [2.24, 2.45) is 0 Å². The topological polar surface area (TPSA) is 37.8 Å². The molecule has 1 heterocycles. The second-order valence-electron chi connectivity index (χ2n) is 4.18. The molecule has 100 valence electrons. The largest absolute Gasteiger partial charge is 0.331 e.